The van der Waals surface area contributed by atoms with Gasteiger partial charge in [0.1, 0.15) is 6.04 Å². The molecular weight excluding hydrogens is 440 g/mol. The molecule has 1 aliphatic heterocycles. The highest BCUT2D eigenvalue weighted by Gasteiger charge is 2.33. The van der Waals surface area contributed by atoms with E-state index in [9.17, 15) is 24.0 Å². The van der Waals surface area contributed by atoms with E-state index < -0.39 is 42.2 Å². The summed E-state index contributed by atoms with van der Waals surface area (Å²) in [6.45, 7) is 0.701. The molecule has 174 valence electrons. The highest BCUT2D eigenvalue weighted by Crippen LogP contribution is 2.25. The number of para-hydroxylation sites is 1. The molecule has 0 spiro atoms. The van der Waals surface area contributed by atoms with Crippen LogP contribution in [0.4, 0.5) is 5.69 Å². The number of nitrogens with zero attached hydrogens (tertiary/aromatic N) is 1. The Labute approximate surface area is 194 Å². The molecule has 10 nitrogen and oxygen atoms in total. The van der Waals surface area contributed by atoms with Crippen LogP contribution < -0.4 is 10.6 Å². The zero-order valence-corrected chi connectivity index (χ0v) is 18.5. The van der Waals surface area contributed by atoms with Gasteiger partial charge in [0.05, 0.1) is 11.1 Å². The molecule has 0 fully saturated rings. The minimum absolute atomic E-state index is 0.179. The Morgan fingerprint density at radius 1 is 1.06 bits per heavy atom. The van der Waals surface area contributed by atoms with Gasteiger partial charge in [-0.15, -0.1) is 0 Å². The van der Waals surface area contributed by atoms with Gasteiger partial charge in [0.15, 0.2) is 6.61 Å². The first-order valence-electron chi connectivity index (χ1n) is 10.5. The van der Waals surface area contributed by atoms with Crippen LogP contribution in [0.25, 0.3) is 10.9 Å². The maximum absolute atomic E-state index is 12.7. The summed E-state index contributed by atoms with van der Waals surface area (Å²) in [5.74, 6) is -2.67. The van der Waals surface area contributed by atoms with Crippen LogP contribution >= 0.6 is 0 Å². The first kappa shape index (κ1) is 22.7. The van der Waals surface area contributed by atoms with Crippen molar-refractivity contribution >= 4 is 46.2 Å². The molecule has 1 aliphatic rings. The number of imide groups is 1. The number of fused-ring (bicyclic) bond motifs is 2. The molecule has 3 aromatic rings. The van der Waals surface area contributed by atoms with E-state index in [2.05, 4.69) is 15.6 Å². The van der Waals surface area contributed by atoms with Crippen LogP contribution in [0.2, 0.25) is 0 Å². The van der Waals surface area contributed by atoms with Gasteiger partial charge in [-0.2, -0.15) is 0 Å². The number of aromatic nitrogens is 1. The monoisotopic (exact) mass is 462 g/mol. The lowest BCUT2D eigenvalue weighted by molar-refractivity contribution is -0.150. The number of nitrogens with one attached hydrogen (secondary N) is 3. The number of hydrogen-bond donors (Lipinski definition) is 3. The lowest BCUT2D eigenvalue weighted by Gasteiger charge is -2.16. The molecular formula is C24H22N4O6. The van der Waals surface area contributed by atoms with Crippen molar-refractivity contribution in [3.05, 3.63) is 65.4 Å². The molecule has 0 saturated heterocycles. The van der Waals surface area contributed by atoms with E-state index in [0.29, 0.717) is 0 Å². The Morgan fingerprint density at radius 3 is 2.56 bits per heavy atom. The van der Waals surface area contributed by atoms with E-state index in [-0.39, 0.29) is 23.2 Å². The smallest absolute Gasteiger partial charge is 0.329 e. The van der Waals surface area contributed by atoms with Gasteiger partial charge in [-0.1, -0.05) is 18.2 Å². The predicted molar refractivity (Wildman–Crippen MR) is 122 cm³/mol. The zero-order chi connectivity index (χ0) is 24.4. The van der Waals surface area contributed by atoms with Gasteiger partial charge < -0.3 is 20.4 Å². The van der Waals surface area contributed by atoms with Gasteiger partial charge in [-0.25, -0.2) is 4.79 Å². The molecule has 3 N–H and O–H groups in total. The number of esters is 1. The van der Waals surface area contributed by atoms with Crippen LogP contribution in [0.5, 0.6) is 0 Å². The molecule has 4 amide bonds. The number of carbonyl (C=O) groups excluding carboxylic acids is 5. The summed E-state index contributed by atoms with van der Waals surface area (Å²) in [7, 11) is 1.38. The highest BCUT2D eigenvalue weighted by atomic mass is 16.5. The second-order valence-electron chi connectivity index (χ2n) is 7.90. The van der Waals surface area contributed by atoms with Crippen molar-refractivity contribution in [1.82, 2.24) is 15.2 Å². The summed E-state index contributed by atoms with van der Waals surface area (Å²) < 4.78 is 5.14. The SMILES string of the molecule is CC(=O)NC(Cc1c[nH]c2ccccc12)C(=O)OCC(=O)Nc1ccc2c(c1)C(=O)N(C)C2=O. The van der Waals surface area contributed by atoms with Crippen LogP contribution in [0, 0.1) is 0 Å². The summed E-state index contributed by atoms with van der Waals surface area (Å²) in [4.78, 5) is 64.8. The highest BCUT2D eigenvalue weighted by molar-refractivity contribution is 6.21. The van der Waals surface area contributed by atoms with E-state index in [1.807, 2.05) is 24.3 Å². The second kappa shape index (κ2) is 9.18. The number of rotatable bonds is 7. The number of carbonyl (C=O) groups is 5. The fourth-order valence-corrected chi connectivity index (χ4v) is 3.83. The number of benzene rings is 2. The summed E-state index contributed by atoms with van der Waals surface area (Å²) in [5, 5.41) is 6.02. The molecule has 2 heterocycles. The Hall–Kier alpha value is -4.47. The average Bonchev–Trinajstić information content (AvgIpc) is 3.31. The second-order valence-corrected chi connectivity index (χ2v) is 7.90. The summed E-state index contributed by atoms with van der Waals surface area (Å²) in [6.07, 6.45) is 1.94. The third kappa shape index (κ3) is 4.51. The van der Waals surface area contributed by atoms with Crippen LogP contribution in [-0.2, 0) is 25.5 Å². The third-order valence-corrected chi connectivity index (χ3v) is 5.48. The maximum atomic E-state index is 12.7. The normalized spacial score (nSPS) is 13.5. The number of aromatic amines is 1. The lowest BCUT2D eigenvalue weighted by atomic mass is 10.0. The molecule has 0 radical (unpaired) electrons. The Bertz CT molecular complexity index is 1330. The average molecular weight is 462 g/mol. The van der Waals surface area contributed by atoms with Gasteiger partial charge in [0, 0.05) is 43.2 Å². The van der Waals surface area contributed by atoms with Gasteiger partial charge in [0.25, 0.3) is 17.7 Å². The predicted octanol–water partition coefficient (Wildman–Crippen LogP) is 1.62. The maximum Gasteiger partial charge on any atom is 0.329 e. The van der Waals surface area contributed by atoms with Crippen molar-refractivity contribution in [2.45, 2.75) is 19.4 Å². The molecule has 34 heavy (non-hydrogen) atoms. The Morgan fingerprint density at radius 2 is 1.79 bits per heavy atom. The molecule has 0 saturated carbocycles. The van der Waals surface area contributed by atoms with Gasteiger partial charge in [0.2, 0.25) is 5.91 Å². The standard InChI is InChI=1S/C24H22N4O6/c1-13(29)26-20(9-14-11-25-19-6-4-3-5-16(14)19)24(33)34-12-21(30)27-15-7-8-17-18(10-15)23(32)28(2)22(17)31/h3-8,10-11,20,25H,9,12H2,1-2H3,(H,26,29)(H,27,30). The molecule has 0 aliphatic carbocycles. The fourth-order valence-electron chi connectivity index (χ4n) is 3.83. The summed E-state index contributed by atoms with van der Waals surface area (Å²) in [5.41, 5.74) is 2.44. The lowest BCUT2D eigenvalue weighted by Crippen LogP contribution is -2.43. The minimum Gasteiger partial charge on any atom is -0.454 e. The van der Waals surface area contributed by atoms with Crippen LogP contribution in [-0.4, -0.2) is 59.2 Å². The van der Waals surface area contributed by atoms with Crippen molar-refractivity contribution in [3.63, 3.8) is 0 Å². The summed E-state index contributed by atoms with van der Waals surface area (Å²) >= 11 is 0. The minimum atomic E-state index is -0.983. The number of anilines is 1. The van der Waals surface area contributed by atoms with Crippen LogP contribution in [0.15, 0.2) is 48.7 Å². The Kier molecular flexibility index (Phi) is 6.13. The zero-order valence-electron chi connectivity index (χ0n) is 18.5. The number of ether oxygens (including phenoxy) is 1. The van der Waals surface area contributed by atoms with Gasteiger partial charge >= 0.3 is 5.97 Å². The first-order chi connectivity index (χ1) is 16.2. The molecule has 0 bridgehead atoms. The largest absolute Gasteiger partial charge is 0.454 e. The van der Waals surface area contributed by atoms with E-state index >= 15 is 0 Å². The van der Waals surface area contributed by atoms with E-state index in [4.69, 9.17) is 4.74 Å². The molecule has 2 aromatic carbocycles. The van der Waals surface area contributed by atoms with Crippen molar-refractivity contribution in [2.75, 3.05) is 19.0 Å². The number of amides is 4. The van der Waals surface area contributed by atoms with Crippen molar-refractivity contribution < 1.29 is 28.7 Å². The van der Waals surface area contributed by atoms with Gasteiger partial charge in [-0.05, 0) is 29.8 Å². The molecule has 10 heteroatoms. The van der Waals surface area contributed by atoms with Crippen LogP contribution in [0.1, 0.15) is 33.2 Å². The molecule has 1 atom stereocenters. The quantitative estimate of drug-likeness (QED) is 0.360. The molecule has 1 unspecified atom stereocenters. The number of hydrogen-bond acceptors (Lipinski definition) is 6. The Balaban J connectivity index is 1.39. The fraction of sp³-hybridized carbons (Fsp3) is 0.208. The van der Waals surface area contributed by atoms with E-state index in [1.54, 1.807) is 6.20 Å². The molecule has 1 aromatic heterocycles. The summed E-state index contributed by atoms with van der Waals surface area (Å²) in [6, 6.07) is 10.9. The van der Waals surface area contributed by atoms with Crippen LogP contribution in [0.3, 0.4) is 0 Å². The molecule has 4 rings (SSSR count). The third-order valence-electron chi connectivity index (χ3n) is 5.48. The van der Waals surface area contributed by atoms with Gasteiger partial charge in [-0.3, -0.25) is 24.1 Å². The van der Waals surface area contributed by atoms with E-state index in [1.165, 1.54) is 32.2 Å². The van der Waals surface area contributed by atoms with Crippen molar-refractivity contribution in [1.29, 1.82) is 0 Å². The van der Waals surface area contributed by atoms with Crippen molar-refractivity contribution in [2.24, 2.45) is 0 Å². The first-order valence-corrected chi connectivity index (χ1v) is 10.5. The topological polar surface area (TPSA) is 138 Å². The van der Waals surface area contributed by atoms with Crippen molar-refractivity contribution in [3.8, 4) is 0 Å². The number of H-pyrrole nitrogens is 1. The van der Waals surface area contributed by atoms with E-state index in [0.717, 1.165) is 21.4 Å².